The maximum absolute atomic E-state index is 13.9. The third kappa shape index (κ3) is 4.42. The Morgan fingerprint density at radius 2 is 1.85 bits per heavy atom. The molecule has 2 aromatic rings. The first-order valence-electron chi connectivity index (χ1n) is 11.7. The van der Waals surface area contributed by atoms with E-state index in [1.807, 2.05) is 56.3 Å². The molecule has 2 fully saturated rings. The average molecular weight is 486 g/mol. The van der Waals surface area contributed by atoms with E-state index in [2.05, 4.69) is 6.58 Å². The van der Waals surface area contributed by atoms with Gasteiger partial charge in [-0.3, -0.25) is 0 Å². The van der Waals surface area contributed by atoms with Crippen LogP contribution in [-0.2, 0) is 25.9 Å². The minimum absolute atomic E-state index is 0.0462. The summed E-state index contributed by atoms with van der Waals surface area (Å²) >= 11 is 0. The number of aryl methyl sites for hydroxylation is 1. The fourth-order valence-electron chi connectivity index (χ4n) is 5.63. The van der Waals surface area contributed by atoms with Crippen LogP contribution in [0.5, 0.6) is 5.75 Å². The second-order valence-electron chi connectivity index (χ2n) is 9.64. The zero-order valence-electron chi connectivity index (χ0n) is 20.5. The lowest BCUT2D eigenvalue weighted by molar-refractivity contribution is -0.267. The fraction of sp³-hybridized carbons (Fsp3) is 0.481. The highest BCUT2D eigenvalue weighted by molar-refractivity contribution is 7.89. The summed E-state index contributed by atoms with van der Waals surface area (Å²) in [6, 6.07) is 14.5. The van der Waals surface area contributed by atoms with Gasteiger partial charge in [0.15, 0.2) is 0 Å². The summed E-state index contributed by atoms with van der Waals surface area (Å²) < 4.78 is 48.0. The second kappa shape index (κ2) is 9.46. The van der Waals surface area contributed by atoms with Gasteiger partial charge in [-0.1, -0.05) is 42.0 Å². The van der Waals surface area contributed by atoms with Crippen molar-refractivity contribution in [2.75, 3.05) is 20.8 Å². The summed E-state index contributed by atoms with van der Waals surface area (Å²) in [4.78, 5) is 0.300. The molecular weight excluding hydrogens is 450 g/mol. The summed E-state index contributed by atoms with van der Waals surface area (Å²) in [5.74, 6) is 0.765. The van der Waals surface area contributed by atoms with Crippen LogP contribution in [0.25, 0.3) is 0 Å². The highest BCUT2D eigenvalue weighted by Gasteiger charge is 2.60. The standard InChI is InChI=1S/C27H35NO5S/c1-6-15-27-18-23(31-4)17-26(33-27,16-22-9-7-8-10-25(22)32-5)19-28(21(27)3)34(29,30)24-13-11-20(2)12-14-24/h6-14,21,23H,1,15-19H2,2-5H3/t21-,23-,26+,27-/m0/s1. The van der Waals surface area contributed by atoms with E-state index in [0.717, 1.165) is 16.9 Å². The Morgan fingerprint density at radius 3 is 2.50 bits per heavy atom. The number of benzene rings is 2. The lowest BCUT2D eigenvalue weighted by Gasteiger charge is -2.60. The van der Waals surface area contributed by atoms with Crippen molar-refractivity contribution in [3.05, 3.63) is 72.3 Å². The van der Waals surface area contributed by atoms with Crippen LogP contribution in [0.3, 0.4) is 0 Å². The minimum atomic E-state index is -3.75. The van der Waals surface area contributed by atoms with E-state index in [4.69, 9.17) is 14.2 Å². The van der Waals surface area contributed by atoms with Crippen molar-refractivity contribution in [3.63, 3.8) is 0 Å². The molecule has 0 amide bonds. The zero-order valence-corrected chi connectivity index (χ0v) is 21.3. The largest absolute Gasteiger partial charge is 0.496 e. The normalized spacial score (nSPS) is 29.5. The molecule has 34 heavy (non-hydrogen) atoms. The lowest BCUT2D eigenvalue weighted by Crippen LogP contribution is -2.71. The van der Waals surface area contributed by atoms with E-state index in [9.17, 15) is 8.42 Å². The van der Waals surface area contributed by atoms with Crippen LogP contribution in [0.4, 0.5) is 0 Å². The number of para-hydroxylation sites is 1. The highest BCUT2D eigenvalue weighted by atomic mass is 32.2. The maximum atomic E-state index is 13.9. The Morgan fingerprint density at radius 1 is 1.15 bits per heavy atom. The molecule has 7 heteroatoms. The Hall–Kier alpha value is -2.19. The lowest BCUT2D eigenvalue weighted by atomic mass is 9.73. The van der Waals surface area contributed by atoms with Gasteiger partial charge in [0.05, 0.1) is 35.4 Å². The van der Waals surface area contributed by atoms with Gasteiger partial charge in [-0.05, 0) is 44.0 Å². The van der Waals surface area contributed by atoms with Gasteiger partial charge in [-0.2, -0.15) is 4.31 Å². The smallest absolute Gasteiger partial charge is 0.243 e. The van der Waals surface area contributed by atoms with Gasteiger partial charge in [-0.25, -0.2) is 8.42 Å². The van der Waals surface area contributed by atoms with Crippen LogP contribution >= 0.6 is 0 Å². The van der Waals surface area contributed by atoms with Crippen molar-refractivity contribution >= 4 is 10.0 Å². The Kier molecular flexibility index (Phi) is 6.93. The van der Waals surface area contributed by atoms with Crippen molar-refractivity contribution < 1.29 is 22.6 Å². The minimum Gasteiger partial charge on any atom is -0.496 e. The maximum Gasteiger partial charge on any atom is 0.243 e. The number of methoxy groups -OCH3 is 2. The van der Waals surface area contributed by atoms with E-state index in [1.165, 1.54) is 0 Å². The highest BCUT2D eigenvalue weighted by Crippen LogP contribution is 2.50. The molecule has 0 aliphatic carbocycles. The van der Waals surface area contributed by atoms with Gasteiger partial charge >= 0.3 is 0 Å². The predicted molar refractivity (Wildman–Crippen MR) is 133 cm³/mol. The molecule has 2 aromatic carbocycles. The molecule has 6 nitrogen and oxygen atoms in total. The molecule has 0 N–H and O–H groups in total. The van der Waals surface area contributed by atoms with Crippen molar-refractivity contribution in [2.45, 2.75) is 67.8 Å². The number of ether oxygens (including phenoxy) is 3. The molecular formula is C27H35NO5S. The number of hydrogen-bond acceptors (Lipinski definition) is 5. The van der Waals surface area contributed by atoms with Crippen molar-refractivity contribution in [1.29, 1.82) is 0 Å². The quantitative estimate of drug-likeness (QED) is 0.515. The van der Waals surface area contributed by atoms with Crippen LogP contribution in [0.15, 0.2) is 66.1 Å². The van der Waals surface area contributed by atoms with Crippen LogP contribution in [0.1, 0.15) is 37.3 Å². The Bertz CT molecular complexity index is 1130. The summed E-state index contributed by atoms with van der Waals surface area (Å²) in [6.45, 7) is 8.09. The first-order chi connectivity index (χ1) is 16.2. The molecule has 2 heterocycles. The molecule has 0 radical (unpaired) electrons. The van der Waals surface area contributed by atoms with Gasteiger partial charge in [0.1, 0.15) is 5.75 Å². The Balaban J connectivity index is 1.82. The van der Waals surface area contributed by atoms with Gasteiger partial charge in [0.2, 0.25) is 10.0 Å². The third-order valence-corrected chi connectivity index (χ3v) is 9.32. The molecule has 2 aliphatic rings. The van der Waals surface area contributed by atoms with Gasteiger partial charge in [-0.15, -0.1) is 6.58 Å². The van der Waals surface area contributed by atoms with Crippen LogP contribution < -0.4 is 4.74 Å². The molecule has 2 aliphatic heterocycles. The summed E-state index contributed by atoms with van der Waals surface area (Å²) in [7, 11) is -0.384. The SMILES string of the molecule is C=CC[C@]12C[C@@H](OC)C[C@](Cc3ccccc3OC)(CN(S(=O)(=O)c3ccc(C)cc3)[C@H]1C)O2. The second-order valence-corrected chi connectivity index (χ2v) is 11.5. The number of rotatable bonds is 8. The van der Waals surface area contributed by atoms with Gasteiger partial charge < -0.3 is 14.2 Å². The molecule has 0 unspecified atom stereocenters. The molecule has 184 valence electrons. The topological polar surface area (TPSA) is 65.1 Å². The van der Waals surface area contributed by atoms with Crippen molar-refractivity contribution in [3.8, 4) is 5.75 Å². The van der Waals surface area contributed by atoms with Crippen LogP contribution in [0.2, 0.25) is 0 Å². The third-order valence-electron chi connectivity index (χ3n) is 7.39. The summed E-state index contributed by atoms with van der Waals surface area (Å²) in [6.07, 6.45) is 4.02. The van der Waals surface area contributed by atoms with Crippen LogP contribution in [-0.4, -0.2) is 56.8 Å². The number of morpholine rings is 1. The summed E-state index contributed by atoms with van der Waals surface area (Å²) in [5.41, 5.74) is 0.501. The molecule has 2 bridgehead atoms. The zero-order chi connectivity index (χ0) is 24.6. The number of hydrogen-bond donors (Lipinski definition) is 0. The average Bonchev–Trinajstić information content (AvgIpc) is 2.82. The summed E-state index contributed by atoms with van der Waals surface area (Å²) in [5, 5.41) is 0. The molecule has 0 aromatic heterocycles. The van der Waals surface area contributed by atoms with Crippen molar-refractivity contribution in [2.24, 2.45) is 0 Å². The predicted octanol–water partition coefficient (Wildman–Crippen LogP) is 4.52. The molecule has 0 saturated carbocycles. The van der Waals surface area contributed by atoms with Crippen LogP contribution in [0, 0.1) is 6.92 Å². The van der Waals surface area contributed by atoms with Crippen molar-refractivity contribution in [1.82, 2.24) is 4.31 Å². The van der Waals surface area contributed by atoms with Gasteiger partial charge in [0, 0.05) is 32.9 Å². The molecule has 0 spiro atoms. The van der Waals surface area contributed by atoms with Gasteiger partial charge in [0.25, 0.3) is 0 Å². The number of fused-ring (bicyclic) bond motifs is 2. The first kappa shape index (κ1) is 24.9. The van der Waals surface area contributed by atoms with E-state index in [1.54, 1.807) is 30.7 Å². The first-order valence-corrected chi connectivity index (χ1v) is 13.2. The number of nitrogens with zero attached hydrogens (tertiary/aromatic N) is 1. The van der Waals surface area contributed by atoms with E-state index < -0.39 is 21.2 Å². The van der Waals surface area contributed by atoms with E-state index in [-0.39, 0.29) is 18.7 Å². The van der Waals surface area contributed by atoms with E-state index in [0.29, 0.717) is 30.6 Å². The molecule has 4 rings (SSSR count). The molecule has 4 atom stereocenters. The number of sulfonamides is 1. The molecule has 2 saturated heterocycles. The Labute approximate surface area is 203 Å². The fourth-order valence-corrected chi connectivity index (χ4v) is 7.39. The van der Waals surface area contributed by atoms with E-state index >= 15 is 0 Å². The monoisotopic (exact) mass is 485 g/mol.